The van der Waals surface area contributed by atoms with E-state index in [0.717, 1.165) is 54.2 Å². The number of likely N-dealkylation sites (tertiary alicyclic amines) is 2. The van der Waals surface area contributed by atoms with E-state index in [2.05, 4.69) is 67.1 Å². The van der Waals surface area contributed by atoms with E-state index in [1.165, 1.54) is 29.3 Å². The maximum absolute atomic E-state index is 11.5. The molecule has 1 atom stereocenters. The predicted molar refractivity (Wildman–Crippen MR) is 131 cm³/mol. The van der Waals surface area contributed by atoms with Gasteiger partial charge in [0.2, 0.25) is 0 Å². The SMILES string of the molecule is Cl.Cl.OC1c2cc(I)cc(I)c2OCC1(CN1CCCC1)CN1CCCC1. The second-order valence-corrected chi connectivity index (χ2v) is 10.2. The van der Waals surface area contributed by atoms with Gasteiger partial charge in [0.15, 0.2) is 0 Å². The number of nitrogens with zero attached hydrogens (tertiary/aromatic N) is 2. The molecule has 3 aliphatic rings. The van der Waals surface area contributed by atoms with Gasteiger partial charge >= 0.3 is 0 Å². The fourth-order valence-corrected chi connectivity index (χ4v) is 6.69. The molecular weight excluding hydrogens is 613 g/mol. The highest BCUT2D eigenvalue weighted by Crippen LogP contribution is 2.47. The number of ether oxygens (including phenoxy) is 1. The van der Waals surface area contributed by atoms with Crippen molar-refractivity contribution in [3.63, 3.8) is 0 Å². The second-order valence-electron chi connectivity index (χ2n) is 7.83. The van der Waals surface area contributed by atoms with Crippen LogP contribution in [0.2, 0.25) is 0 Å². The minimum Gasteiger partial charge on any atom is -0.491 e. The molecule has 0 spiro atoms. The topological polar surface area (TPSA) is 35.9 Å². The van der Waals surface area contributed by atoms with Crippen LogP contribution >= 0.6 is 70.0 Å². The van der Waals surface area contributed by atoms with E-state index in [1.54, 1.807) is 0 Å². The van der Waals surface area contributed by atoms with Gasteiger partial charge in [0, 0.05) is 22.2 Å². The minimum absolute atomic E-state index is 0. The molecule has 0 saturated carbocycles. The van der Waals surface area contributed by atoms with Crippen molar-refractivity contribution in [2.24, 2.45) is 5.41 Å². The zero-order chi connectivity index (χ0) is 17.4. The summed E-state index contributed by atoms with van der Waals surface area (Å²) < 4.78 is 8.57. The first kappa shape index (κ1) is 24.2. The number of rotatable bonds is 4. The van der Waals surface area contributed by atoms with Crippen LogP contribution in [0.3, 0.4) is 0 Å². The standard InChI is InChI=1S/C19H26I2N2O2.2ClH/c20-14-9-15-17(16(21)10-14)25-13-19(18(15)24,11-22-5-1-2-6-22)12-23-7-3-4-8-23;;/h9-10,18,24H,1-8,11-13H2;2*1H. The number of benzene rings is 1. The molecule has 0 radical (unpaired) electrons. The Balaban J connectivity index is 0.00000131. The monoisotopic (exact) mass is 640 g/mol. The first-order valence-corrected chi connectivity index (χ1v) is 11.5. The molecule has 1 N–H and O–H groups in total. The number of hydrogen-bond acceptors (Lipinski definition) is 4. The molecule has 1 aromatic rings. The maximum Gasteiger partial charge on any atom is 0.138 e. The zero-order valence-corrected chi connectivity index (χ0v) is 21.3. The van der Waals surface area contributed by atoms with Gasteiger partial charge in [-0.3, -0.25) is 0 Å². The van der Waals surface area contributed by atoms with Gasteiger partial charge < -0.3 is 19.6 Å². The summed E-state index contributed by atoms with van der Waals surface area (Å²) in [6.07, 6.45) is 4.67. The lowest BCUT2D eigenvalue weighted by molar-refractivity contribution is -0.0656. The molecule has 4 rings (SSSR count). The summed E-state index contributed by atoms with van der Waals surface area (Å²) in [4.78, 5) is 5.07. The van der Waals surface area contributed by atoms with Crippen molar-refractivity contribution >= 4 is 70.0 Å². The fourth-order valence-electron chi connectivity index (χ4n) is 4.65. The molecule has 3 heterocycles. The van der Waals surface area contributed by atoms with E-state index >= 15 is 0 Å². The Hall–Kier alpha value is 0.940. The van der Waals surface area contributed by atoms with Crippen LogP contribution in [0.15, 0.2) is 12.1 Å². The van der Waals surface area contributed by atoms with Gasteiger partial charge in [-0.1, -0.05) is 0 Å². The Bertz CT molecular complexity index is 620. The molecule has 0 aromatic heterocycles. The molecule has 2 saturated heterocycles. The molecule has 1 aromatic carbocycles. The summed E-state index contributed by atoms with van der Waals surface area (Å²) in [6.45, 7) is 7.12. The van der Waals surface area contributed by atoms with Crippen LogP contribution in [0.1, 0.15) is 37.4 Å². The van der Waals surface area contributed by atoms with Crippen molar-refractivity contribution in [1.82, 2.24) is 9.80 Å². The highest BCUT2D eigenvalue weighted by atomic mass is 127. The van der Waals surface area contributed by atoms with Crippen LogP contribution in [0.5, 0.6) is 5.75 Å². The Labute approximate surface area is 201 Å². The number of aliphatic hydroxyl groups excluding tert-OH is 1. The van der Waals surface area contributed by atoms with Gasteiger partial charge in [0.05, 0.1) is 21.7 Å². The lowest BCUT2D eigenvalue weighted by Crippen LogP contribution is -2.53. The van der Waals surface area contributed by atoms with Gasteiger partial charge in [0.1, 0.15) is 5.75 Å². The van der Waals surface area contributed by atoms with E-state index in [1.807, 2.05) is 0 Å². The summed E-state index contributed by atoms with van der Waals surface area (Å²) in [5.74, 6) is 0.895. The van der Waals surface area contributed by atoms with Gasteiger partial charge in [0.25, 0.3) is 0 Å². The Morgan fingerprint density at radius 1 is 0.963 bits per heavy atom. The molecule has 2 fully saturated rings. The molecule has 27 heavy (non-hydrogen) atoms. The summed E-state index contributed by atoms with van der Waals surface area (Å²) in [5, 5.41) is 11.5. The van der Waals surface area contributed by atoms with Crippen LogP contribution in [0.4, 0.5) is 0 Å². The third kappa shape index (κ3) is 5.17. The Morgan fingerprint density at radius 2 is 1.48 bits per heavy atom. The van der Waals surface area contributed by atoms with Gasteiger partial charge in [-0.15, -0.1) is 24.8 Å². The number of halogens is 4. The van der Waals surface area contributed by atoms with E-state index in [0.29, 0.717) is 6.61 Å². The largest absolute Gasteiger partial charge is 0.491 e. The van der Waals surface area contributed by atoms with Crippen molar-refractivity contribution in [2.45, 2.75) is 31.8 Å². The summed E-state index contributed by atoms with van der Waals surface area (Å²) in [7, 11) is 0. The molecule has 0 bridgehead atoms. The van der Waals surface area contributed by atoms with Gasteiger partial charge in [-0.05, 0) is 109 Å². The normalized spacial score (nSPS) is 24.6. The van der Waals surface area contributed by atoms with Crippen molar-refractivity contribution < 1.29 is 9.84 Å². The highest BCUT2D eigenvalue weighted by molar-refractivity contribution is 14.1. The van der Waals surface area contributed by atoms with Crippen LogP contribution in [0, 0.1) is 12.6 Å². The molecule has 1 unspecified atom stereocenters. The van der Waals surface area contributed by atoms with Crippen LogP contribution < -0.4 is 4.74 Å². The first-order chi connectivity index (χ1) is 12.1. The van der Waals surface area contributed by atoms with E-state index in [9.17, 15) is 5.11 Å². The van der Waals surface area contributed by atoms with Crippen LogP contribution in [-0.2, 0) is 0 Å². The molecule has 8 heteroatoms. The van der Waals surface area contributed by atoms with Crippen molar-refractivity contribution in [2.75, 3.05) is 45.9 Å². The maximum atomic E-state index is 11.5. The lowest BCUT2D eigenvalue weighted by Gasteiger charge is -2.46. The second kappa shape index (κ2) is 10.3. The number of fused-ring (bicyclic) bond motifs is 1. The molecule has 4 nitrogen and oxygen atoms in total. The molecular formula is C19H28Cl2I2N2O2. The fraction of sp³-hybridized carbons (Fsp3) is 0.684. The summed E-state index contributed by atoms with van der Waals surface area (Å²) in [5.41, 5.74) is 0.760. The van der Waals surface area contributed by atoms with E-state index in [-0.39, 0.29) is 30.2 Å². The third-order valence-corrected chi connectivity index (χ3v) is 7.31. The van der Waals surface area contributed by atoms with Crippen LogP contribution in [-0.4, -0.2) is 60.8 Å². The Morgan fingerprint density at radius 3 is 2.00 bits per heavy atom. The Kier molecular flexibility index (Phi) is 9.24. The average Bonchev–Trinajstić information content (AvgIpc) is 3.25. The molecule has 154 valence electrons. The average molecular weight is 641 g/mol. The zero-order valence-electron chi connectivity index (χ0n) is 15.3. The molecule has 0 aliphatic carbocycles. The lowest BCUT2D eigenvalue weighted by atomic mass is 9.76. The predicted octanol–water partition coefficient (Wildman–Crippen LogP) is 4.34. The van der Waals surface area contributed by atoms with Crippen molar-refractivity contribution in [3.05, 3.63) is 24.8 Å². The molecule has 3 aliphatic heterocycles. The van der Waals surface area contributed by atoms with Crippen molar-refractivity contribution in [3.8, 4) is 5.75 Å². The first-order valence-electron chi connectivity index (χ1n) is 9.32. The highest BCUT2D eigenvalue weighted by Gasteiger charge is 2.47. The molecule has 0 amide bonds. The van der Waals surface area contributed by atoms with Crippen molar-refractivity contribution in [1.29, 1.82) is 0 Å². The minimum atomic E-state index is -0.458. The van der Waals surface area contributed by atoms with Crippen LogP contribution in [0.25, 0.3) is 0 Å². The summed E-state index contributed by atoms with van der Waals surface area (Å²) >= 11 is 4.67. The number of hydrogen-bond donors (Lipinski definition) is 1. The smallest absolute Gasteiger partial charge is 0.138 e. The van der Waals surface area contributed by atoms with E-state index in [4.69, 9.17) is 4.74 Å². The van der Waals surface area contributed by atoms with Gasteiger partial charge in [-0.25, -0.2) is 0 Å². The number of aliphatic hydroxyl groups is 1. The third-order valence-electron chi connectivity index (χ3n) is 5.89. The summed E-state index contributed by atoms with van der Waals surface area (Å²) in [6, 6.07) is 4.24. The van der Waals surface area contributed by atoms with E-state index < -0.39 is 6.10 Å². The van der Waals surface area contributed by atoms with Gasteiger partial charge in [-0.2, -0.15) is 0 Å². The quantitative estimate of drug-likeness (QED) is 0.497.